The topological polar surface area (TPSA) is 53.4 Å². The number of likely N-dealkylation sites (N-methyl/N-ethyl adjacent to an activating group) is 1. The van der Waals surface area contributed by atoms with E-state index >= 15 is 0 Å². The highest BCUT2D eigenvalue weighted by molar-refractivity contribution is 5.89. The third kappa shape index (κ3) is 4.04. The molecule has 0 aliphatic carbocycles. The molecule has 0 spiro atoms. The second-order valence-corrected chi connectivity index (χ2v) is 7.22. The smallest absolute Gasteiger partial charge is 0.247 e. The number of carbonyl (C=O) groups is 1. The van der Waals surface area contributed by atoms with Crippen molar-refractivity contribution in [3.05, 3.63) is 48.0 Å². The van der Waals surface area contributed by atoms with Gasteiger partial charge in [0.2, 0.25) is 5.91 Å². The molecule has 6 nitrogen and oxygen atoms in total. The van der Waals surface area contributed by atoms with Crippen molar-refractivity contribution in [3.8, 4) is 0 Å². The second kappa shape index (κ2) is 7.45. The van der Waals surface area contributed by atoms with E-state index in [1.807, 2.05) is 19.4 Å². The summed E-state index contributed by atoms with van der Waals surface area (Å²) in [5, 5.41) is 7.54. The van der Waals surface area contributed by atoms with Crippen LogP contribution in [0.5, 0.6) is 0 Å². The summed E-state index contributed by atoms with van der Waals surface area (Å²) in [6.45, 7) is 2.40. The highest BCUT2D eigenvalue weighted by Crippen LogP contribution is 2.29. The van der Waals surface area contributed by atoms with Crippen LogP contribution >= 0.6 is 0 Å². The Labute approximate surface area is 153 Å². The van der Waals surface area contributed by atoms with Crippen molar-refractivity contribution >= 4 is 11.6 Å². The number of aromatic nitrogens is 2. The summed E-state index contributed by atoms with van der Waals surface area (Å²) in [6.07, 6.45) is 5.22. The minimum Gasteiger partial charge on any atom is -0.371 e. The molecule has 26 heavy (non-hydrogen) atoms. The number of hydrogen-bond acceptors (Lipinski definition) is 4. The average Bonchev–Trinajstić information content (AvgIpc) is 3.01. The maximum Gasteiger partial charge on any atom is 0.247 e. The standard InChI is InChI=1S/C19H26FN5O/c1-23(2)18(26)19(22-17-6-4-5-16(20)11-17)7-9-25(10-8-19)14-15-12-21-24(3)13-15/h4-6,11-13,22H,7-10,14H2,1-3H3. The van der Waals surface area contributed by atoms with Gasteiger partial charge in [-0.1, -0.05) is 6.07 Å². The van der Waals surface area contributed by atoms with Gasteiger partial charge in [-0.2, -0.15) is 5.10 Å². The van der Waals surface area contributed by atoms with E-state index in [1.54, 1.807) is 35.8 Å². The number of rotatable bonds is 5. The largest absolute Gasteiger partial charge is 0.371 e. The number of amides is 1. The Kier molecular flexibility index (Phi) is 5.27. The normalized spacial score (nSPS) is 17.1. The van der Waals surface area contributed by atoms with Crippen LogP contribution in [0.15, 0.2) is 36.7 Å². The molecular weight excluding hydrogens is 333 g/mol. The fraction of sp³-hybridized carbons (Fsp3) is 0.474. The first kappa shape index (κ1) is 18.4. The zero-order chi connectivity index (χ0) is 18.7. The van der Waals surface area contributed by atoms with E-state index in [9.17, 15) is 9.18 Å². The van der Waals surface area contributed by atoms with Crippen LogP contribution in [0, 0.1) is 5.82 Å². The van der Waals surface area contributed by atoms with Crippen molar-refractivity contribution in [1.29, 1.82) is 0 Å². The van der Waals surface area contributed by atoms with Crippen LogP contribution in [-0.2, 0) is 18.4 Å². The molecule has 1 aromatic carbocycles. The molecule has 7 heteroatoms. The molecule has 140 valence electrons. The first-order chi connectivity index (χ1) is 12.4. The van der Waals surface area contributed by atoms with Crippen LogP contribution in [0.25, 0.3) is 0 Å². The number of likely N-dealkylation sites (tertiary alicyclic amines) is 1. The number of benzene rings is 1. The molecule has 0 radical (unpaired) electrons. The molecule has 2 heterocycles. The Hall–Kier alpha value is -2.41. The van der Waals surface area contributed by atoms with Gasteiger partial charge in [-0.3, -0.25) is 14.4 Å². The molecule has 1 fully saturated rings. The number of aryl methyl sites for hydroxylation is 1. The molecule has 1 aromatic heterocycles. The molecule has 1 aliphatic heterocycles. The Balaban J connectivity index is 1.73. The van der Waals surface area contributed by atoms with E-state index in [2.05, 4.69) is 15.3 Å². The second-order valence-electron chi connectivity index (χ2n) is 7.22. The lowest BCUT2D eigenvalue weighted by Gasteiger charge is -2.43. The van der Waals surface area contributed by atoms with Gasteiger partial charge in [-0.15, -0.1) is 0 Å². The molecule has 1 N–H and O–H groups in total. The van der Waals surface area contributed by atoms with Crippen LogP contribution in [-0.4, -0.2) is 58.2 Å². The minimum atomic E-state index is -0.706. The van der Waals surface area contributed by atoms with Gasteiger partial charge in [-0.05, 0) is 31.0 Å². The van der Waals surface area contributed by atoms with Gasteiger partial charge >= 0.3 is 0 Å². The van der Waals surface area contributed by atoms with Crippen molar-refractivity contribution in [2.24, 2.45) is 7.05 Å². The number of nitrogens with zero attached hydrogens (tertiary/aromatic N) is 4. The third-order valence-electron chi connectivity index (χ3n) is 4.90. The summed E-state index contributed by atoms with van der Waals surface area (Å²) in [7, 11) is 5.43. The number of anilines is 1. The maximum absolute atomic E-state index is 13.6. The summed E-state index contributed by atoms with van der Waals surface area (Å²) in [6, 6.07) is 6.30. The molecular formula is C19H26FN5O. The highest BCUT2D eigenvalue weighted by Gasteiger charge is 2.42. The van der Waals surface area contributed by atoms with E-state index in [4.69, 9.17) is 0 Å². The van der Waals surface area contributed by atoms with Gasteiger partial charge in [-0.25, -0.2) is 4.39 Å². The lowest BCUT2D eigenvalue weighted by atomic mass is 9.85. The number of hydrogen-bond donors (Lipinski definition) is 1. The Morgan fingerprint density at radius 1 is 1.35 bits per heavy atom. The quantitative estimate of drug-likeness (QED) is 0.888. The molecule has 1 saturated heterocycles. The van der Waals surface area contributed by atoms with E-state index in [0.29, 0.717) is 18.5 Å². The van der Waals surface area contributed by atoms with Gasteiger partial charge in [0.1, 0.15) is 11.4 Å². The third-order valence-corrected chi connectivity index (χ3v) is 4.90. The van der Waals surface area contributed by atoms with Gasteiger partial charge in [0.25, 0.3) is 0 Å². The van der Waals surface area contributed by atoms with Gasteiger partial charge in [0.05, 0.1) is 6.20 Å². The van der Waals surface area contributed by atoms with Crippen LogP contribution in [0.4, 0.5) is 10.1 Å². The average molecular weight is 359 g/mol. The number of piperidine rings is 1. The lowest BCUT2D eigenvalue weighted by molar-refractivity contribution is -0.135. The molecule has 1 amide bonds. The van der Waals surface area contributed by atoms with Gasteiger partial charge in [0.15, 0.2) is 0 Å². The molecule has 2 aromatic rings. The maximum atomic E-state index is 13.6. The van der Waals surface area contributed by atoms with Crippen molar-refractivity contribution in [1.82, 2.24) is 19.6 Å². The highest BCUT2D eigenvalue weighted by atomic mass is 19.1. The first-order valence-corrected chi connectivity index (χ1v) is 8.83. The minimum absolute atomic E-state index is 0.0304. The van der Waals surface area contributed by atoms with Crippen molar-refractivity contribution in [2.75, 3.05) is 32.5 Å². The predicted octanol–water partition coefficient (Wildman–Crippen LogP) is 2.09. The summed E-state index contributed by atoms with van der Waals surface area (Å²) >= 11 is 0. The zero-order valence-corrected chi connectivity index (χ0v) is 15.6. The monoisotopic (exact) mass is 359 g/mol. The van der Waals surface area contributed by atoms with E-state index < -0.39 is 5.54 Å². The number of nitrogens with one attached hydrogen (secondary N) is 1. The van der Waals surface area contributed by atoms with Crippen LogP contribution in [0.1, 0.15) is 18.4 Å². The molecule has 0 unspecified atom stereocenters. The van der Waals surface area contributed by atoms with Crippen LogP contribution in [0.3, 0.4) is 0 Å². The molecule has 0 saturated carbocycles. The summed E-state index contributed by atoms with van der Waals surface area (Å²) in [5.41, 5.74) is 1.10. The van der Waals surface area contributed by atoms with Gasteiger partial charge < -0.3 is 10.2 Å². The van der Waals surface area contributed by atoms with Crippen LogP contribution < -0.4 is 5.32 Å². The van der Waals surface area contributed by atoms with Gasteiger partial charge in [0, 0.05) is 58.2 Å². The molecule has 0 bridgehead atoms. The summed E-state index contributed by atoms with van der Waals surface area (Å²) < 4.78 is 15.4. The van der Waals surface area contributed by atoms with Crippen molar-refractivity contribution in [3.63, 3.8) is 0 Å². The van der Waals surface area contributed by atoms with E-state index in [1.165, 1.54) is 12.1 Å². The van der Waals surface area contributed by atoms with Crippen molar-refractivity contribution < 1.29 is 9.18 Å². The zero-order valence-electron chi connectivity index (χ0n) is 15.6. The predicted molar refractivity (Wildman–Crippen MR) is 99.2 cm³/mol. The lowest BCUT2D eigenvalue weighted by Crippen LogP contribution is -2.57. The summed E-state index contributed by atoms with van der Waals surface area (Å²) in [5.74, 6) is -0.278. The van der Waals surface area contributed by atoms with E-state index in [-0.39, 0.29) is 11.7 Å². The fourth-order valence-corrected chi connectivity index (χ4v) is 3.57. The first-order valence-electron chi connectivity index (χ1n) is 8.83. The Morgan fingerprint density at radius 3 is 2.65 bits per heavy atom. The SMILES string of the molecule is CN(C)C(=O)C1(Nc2cccc(F)c2)CCN(Cc2cnn(C)c2)CC1. The Morgan fingerprint density at radius 2 is 2.08 bits per heavy atom. The fourth-order valence-electron chi connectivity index (χ4n) is 3.57. The van der Waals surface area contributed by atoms with E-state index in [0.717, 1.165) is 25.2 Å². The van der Waals surface area contributed by atoms with Crippen LogP contribution in [0.2, 0.25) is 0 Å². The molecule has 0 atom stereocenters. The number of halogens is 1. The van der Waals surface area contributed by atoms with Crippen molar-refractivity contribution in [2.45, 2.75) is 24.9 Å². The Bertz CT molecular complexity index is 765. The molecule has 1 aliphatic rings. The number of carbonyl (C=O) groups excluding carboxylic acids is 1. The summed E-state index contributed by atoms with van der Waals surface area (Å²) in [4.78, 5) is 16.9. The molecule has 3 rings (SSSR count).